The highest BCUT2D eigenvalue weighted by Crippen LogP contribution is 2.15. The van der Waals surface area contributed by atoms with Crippen LogP contribution in [0.3, 0.4) is 0 Å². The van der Waals surface area contributed by atoms with E-state index in [-0.39, 0.29) is 18.4 Å². The Hall–Kier alpha value is -1.89. The quantitative estimate of drug-likeness (QED) is 0.755. The van der Waals surface area contributed by atoms with Gasteiger partial charge < -0.3 is 15.0 Å². The molecular weight excluding hydrogens is 388 g/mol. The Morgan fingerprint density at radius 3 is 2.64 bits per heavy atom. The first-order chi connectivity index (χ1) is 11.9. The fraction of sp³-hybridized carbons (Fsp3) is 0.500. The molecule has 136 valence electrons. The van der Waals surface area contributed by atoms with Crippen LogP contribution in [0, 0.1) is 5.92 Å². The lowest BCUT2D eigenvalue weighted by Gasteiger charge is -2.30. The number of nitrogens with zero attached hydrogens (tertiary/aromatic N) is 1. The second-order valence-electron chi connectivity index (χ2n) is 6.40. The third-order valence-corrected chi connectivity index (χ3v) is 4.68. The fourth-order valence-electron chi connectivity index (χ4n) is 2.71. The molecule has 0 spiro atoms. The highest BCUT2D eigenvalue weighted by molar-refractivity contribution is 9.10. The lowest BCUT2D eigenvalue weighted by Crippen LogP contribution is -2.43. The van der Waals surface area contributed by atoms with E-state index in [0.717, 1.165) is 17.3 Å². The van der Waals surface area contributed by atoms with E-state index in [1.807, 2.05) is 0 Å². The number of rotatable bonds is 5. The first kappa shape index (κ1) is 19.4. The minimum Gasteiger partial charge on any atom is -0.454 e. The van der Waals surface area contributed by atoms with Crippen molar-refractivity contribution in [3.05, 3.63) is 34.3 Å². The van der Waals surface area contributed by atoms with Crippen LogP contribution < -0.4 is 5.32 Å². The van der Waals surface area contributed by atoms with E-state index in [9.17, 15) is 14.4 Å². The number of halogens is 1. The molecule has 1 aromatic rings. The zero-order valence-electron chi connectivity index (χ0n) is 14.5. The SMILES string of the molecule is C[C@H]1CCCN(C(=O)COC(=O)[C@H](C)NC(=O)c2ccc(Br)cc2)C1. The second-order valence-corrected chi connectivity index (χ2v) is 7.31. The average molecular weight is 411 g/mol. The molecule has 1 heterocycles. The molecule has 0 saturated carbocycles. The number of amides is 2. The standard InChI is InChI=1S/C18H23BrN2O4/c1-12-4-3-9-21(10-12)16(22)11-25-18(24)13(2)20-17(23)14-5-7-15(19)8-6-14/h5-8,12-13H,3-4,9-11H2,1-2H3,(H,20,23)/t12-,13-/m0/s1. The number of nitrogens with one attached hydrogen (secondary N) is 1. The minimum atomic E-state index is -0.829. The molecule has 0 unspecified atom stereocenters. The van der Waals surface area contributed by atoms with Gasteiger partial charge in [0.15, 0.2) is 6.61 Å². The second kappa shape index (κ2) is 8.99. The van der Waals surface area contributed by atoms with Gasteiger partial charge in [0.25, 0.3) is 11.8 Å². The fourth-order valence-corrected chi connectivity index (χ4v) is 2.97. The molecule has 1 aliphatic rings. The van der Waals surface area contributed by atoms with Gasteiger partial charge in [-0.1, -0.05) is 22.9 Å². The van der Waals surface area contributed by atoms with Crippen molar-refractivity contribution in [2.45, 2.75) is 32.7 Å². The number of piperidine rings is 1. The van der Waals surface area contributed by atoms with E-state index in [2.05, 4.69) is 28.2 Å². The van der Waals surface area contributed by atoms with Crippen molar-refractivity contribution < 1.29 is 19.1 Å². The van der Waals surface area contributed by atoms with Crippen molar-refractivity contribution in [3.63, 3.8) is 0 Å². The Bertz CT molecular complexity index is 632. The molecular formula is C18H23BrN2O4. The summed E-state index contributed by atoms with van der Waals surface area (Å²) in [5.74, 6) is -0.708. The number of hydrogen-bond acceptors (Lipinski definition) is 4. The van der Waals surface area contributed by atoms with Crippen molar-refractivity contribution in [3.8, 4) is 0 Å². The molecule has 2 rings (SSSR count). The van der Waals surface area contributed by atoms with Crippen molar-refractivity contribution in [1.29, 1.82) is 0 Å². The summed E-state index contributed by atoms with van der Waals surface area (Å²) >= 11 is 3.30. The average Bonchev–Trinajstić information content (AvgIpc) is 2.59. The number of benzene rings is 1. The summed E-state index contributed by atoms with van der Waals surface area (Å²) in [6.45, 7) is 4.75. The summed E-state index contributed by atoms with van der Waals surface area (Å²) in [5, 5.41) is 2.57. The molecule has 1 fully saturated rings. The van der Waals surface area contributed by atoms with Crippen LogP contribution in [0.2, 0.25) is 0 Å². The molecule has 1 aliphatic heterocycles. The maximum atomic E-state index is 12.1. The van der Waals surface area contributed by atoms with E-state index in [0.29, 0.717) is 24.6 Å². The van der Waals surface area contributed by atoms with Crippen LogP contribution in [-0.4, -0.2) is 48.4 Å². The van der Waals surface area contributed by atoms with Crippen LogP contribution >= 0.6 is 15.9 Å². The van der Waals surface area contributed by atoms with Crippen LogP contribution in [0.4, 0.5) is 0 Å². The van der Waals surface area contributed by atoms with Crippen LogP contribution in [-0.2, 0) is 14.3 Å². The number of hydrogen-bond donors (Lipinski definition) is 1. The van der Waals surface area contributed by atoms with E-state index in [1.165, 1.54) is 6.92 Å². The van der Waals surface area contributed by atoms with Crippen molar-refractivity contribution in [1.82, 2.24) is 10.2 Å². The zero-order valence-corrected chi connectivity index (χ0v) is 16.0. The maximum Gasteiger partial charge on any atom is 0.328 e. The van der Waals surface area contributed by atoms with E-state index in [1.54, 1.807) is 29.2 Å². The van der Waals surface area contributed by atoms with Gasteiger partial charge in [0.05, 0.1) is 0 Å². The van der Waals surface area contributed by atoms with Gasteiger partial charge in [-0.2, -0.15) is 0 Å². The normalized spacial score (nSPS) is 18.4. The molecule has 0 bridgehead atoms. The summed E-state index contributed by atoms with van der Waals surface area (Å²) < 4.78 is 5.92. The Morgan fingerprint density at radius 2 is 2.00 bits per heavy atom. The van der Waals surface area contributed by atoms with Crippen LogP contribution in [0.15, 0.2) is 28.7 Å². The number of carbonyl (C=O) groups excluding carboxylic acids is 3. The number of carbonyl (C=O) groups is 3. The lowest BCUT2D eigenvalue weighted by molar-refractivity contribution is -0.153. The summed E-state index contributed by atoms with van der Waals surface area (Å²) in [4.78, 5) is 37.9. The molecule has 1 N–H and O–H groups in total. The third kappa shape index (κ3) is 5.85. The first-order valence-electron chi connectivity index (χ1n) is 8.37. The minimum absolute atomic E-state index is 0.189. The summed E-state index contributed by atoms with van der Waals surface area (Å²) in [5.41, 5.74) is 0.446. The number of ether oxygens (including phenoxy) is 1. The van der Waals surface area contributed by atoms with E-state index in [4.69, 9.17) is 4.74 Å². The van der Waals surface area contributed by atoms with Crippen LogP contribution in [0.25, 0.3) is 0 Å². The van der Waals surface area contributed by atoms with Crippen LogP contribution in [0.5, 0.6) is 0 Å². The molecule has 0 radical (unpaired) electrons. The Morgan fingerprint density at radius 1 is 1.32 bits per heavy atom. The van der Waals surface area contributed by atoms with Gasteiger partial charge >= 0.3 is 5.97 Å². The third-order valence-electron chi connectivity index (χ3n) is 4.16. The van der Waals surface area contributed by atoms with Gasteiger partial charge in [0.2, 0.25) is 0 Å². The molecule has 1 aromatic carbocycles. The summed E-state index contributed by atoms with van der Waals surface area (Å²) in [7, 11) is 0. The number of likely N-dealkylation sites (tertiary alicyclic amines) is 1. The van der Waals surface area contributed by atoms with Crippen LogP contribution in [0.1, 0.15) is 37.0 Å². The lowest BCUT2D eigenvalue weighted by atomic mass is 10.0. The topological polar surface area (TPSA) is 75.7 Å². The summed E-state index contributed by atoms with van der Waals surface area (Å²) in [6.07, 6.45) is 2.09. The molecule has 25 heavy (non-hydrogen) atoms. The van der Waals surface area contributed by atoms with Gasteiger partial charge in [0, 0.05) is 23.1 Å². The van der Waals surface area contributed by atoms with Crippen molar-refractivity contribution >= 4 is 33.7 Å². The molecule has 0 aliphatic carbocycles. The largest absolute Gasteiger partial charge is 0.454 e. The van der Waals surface area contributed by atoms with Gasteiger partial charge in [-0.15, -0.1) is 0 Å². The predicted molar refractivity (Wildman–Crippen MR) is 97.0 cm³/mol. The van der Waals surface area contributed by atoms with Gasteiger partial charge in [-0.25, -0.2) is 4.79 Å². The highest BCUT2D eigenvalue weighted by Gasteiger charge is 2.23. The summed E-state index contributed by atoms with van der Waals surface area (Å²) in [6, 6.07) is 5.97. The Kier molecular flexibility index (Phi) is 6.99. The molecule has 7 heteroatoms. The molecule has 0 aromatic heterocycles. The monoisotopic (exact) mass is 410 g/mol. The van der Waals surface area contributed by atoms with E-state index < -0.39 is 12.0 Å². The molecule has 6 nitrogen and oxygen atoms in total. The molecule has 2 atom stereocenters. The number of esters is 1. The van der Waals surface area contributed by atoms with E-state index >= 15 is 0 Å². The Labute approximate surface area is 156 Å². The molecule has 1 saturated heterocycles. The smallest absolute Gasteiger partial charge is 0.328 e. The first-order valence-corrected chi connectivity index (χ1v) is 9.17. The predicted octanol–water partition coefficient (Wildman–Crippen LogP) is 2.37. The maximum absolute atomic E-state index is 12.1. The van der Waals surface area contributed by atoms with Crippen molar-refractivity contribution in [2.24, 2.45) is 5.92 Å². The van der Waals surface area contributed by atoms with Crippen molar-refractivity contribution in [2.75, 3.05) is 19.7 Å². The van der Waals surface area contributed by atoms with Gasteiger partial charge in [-0.05, 0) is 49.9 Å². The van der Waals surface area contributed by atoms with Gasteiger partial charge in [-0.3, -0.25) is 9.59 Å². The highest BCUT2D eigenvalue weighted by atomic mass is 79.9. The Balaban J connectivity index is 1.78. The van der Waals surface area contributed by atoms with Gasteiger partial charge in [0.1, 0.15) is 6.04 Å². The zero-order chi connectivity index (χ0) is 18.4. The molecule has 2 amide bonds.